The fourth-order valence-electron chi connectivity index (χ4n) is 1.80. The molecule has 2 bridgehead atoms. The molecule has 2 amide bonds. The maximum atomic E-state index is 11.2. The molecule has 1 aromatic rings. The van der Waals surface area contributed by atoms with Crippen molar-refractivity contribution in [3.05, 3.63) is 29.7 Å². The van der Waals surface area contributed by atoms with Crippen LogP contribution in [0.4, 0.5) is 4.79 Å². The van der Waals surface area contributed by atoms with Crippen LogP contribution in [0.25, 0.3) is 10.9 Å². The Kier molecular flexibility index (Phi) is 5.74. The van der Waals surface area contributed by atoms with E-state index in [1.165, 1.54) is 6.26 Å². The van der Waals surface area contributed by atoms with Gasteiger partial charge in [0.2, 0.25) is 5.89 Å². The van der Waals surface area contributed by atoms with E-state index >= 15 is 0 Å². The summed E-state index contributed by atoms with van der Waals surface area (Å²) in [5.74, 6) is 0.577. The summed E-state index contributed by atoms with van der Waals surface area (Å²) in [6.45, 7) is 1.27. The molecule has 104 valence electrons. The van der Waals surface area contributed by atoms with Gasteiger partial charge in [-0.05, 0) is 19.1 Å². The first kappa shape index (κ1) is 17.1. The van der Waals surface area contributed by atoms with Crippen LogP contribution in [-0.4, -0.2) is 52.6 Å². The maximum absolute atomic E-state index is 11.2. The van der Waals surface area contributed by atoms with E-state index in [0.717, 1.165) is 5.57 Å². The van der Waals surface area contributed by atoms with Gasteiger partial charge in [-0.3, -0.25) is 13.9 Å². The average Bonchev–Trinajstić information content (AvgIpc) is 2.88. The predicted octanol–water partition coefficient (Wildman–Crippen LogP) is -2.40. The summed E-state index contributed by atoms with van der Waals surface area (Å²) in [5.41, 5.74) is 0.928. The Morgan fingerprint density at radius 3 is 2.65 bits per heavy atom. The fourth-order valence-corrected chi connectivity index (χ4v) is 1.80. The molecule has 1 unspecified atom stereocenters. The van der Waals surface area contributed by atoms with Crippen LogP contribution in [-0.2, 0) is 10.4 Å². The standard InChI is InChI=1S/C9H9N3O2.Na.H2O4S/c13-9-11-7-5-12(9)3-1-6(7)8-10-2-4-14-8;;1-5(2,3)4/h1-2,4,7H,3,5H2,(H,11,13);;(H2,1,2,3,4)/q;+1;/p-1. The van der Waals surface area contributed by atoms with Crippen LogP contribution in [0.1, 0.15) is 5.89 Å². The van der Waals surface area contributed by atoms with Gasteiger partial charge >= 0.3 is 40.0 Å². The number of hydrogen-bond donors (Lipinski definition) is 2. The Balaban J connectivity index is 0.000000293. The van der Waals surface area contributed by atoms with Crippen molar-refractivity contribution < 1.29 is 56.3 Å². The van der Waals surface area contributed by atoms with Gasteiger partial charge in [-0.1, -0.05) is 6.08 Å². The Hall–Kier alpha value is -0.910. The minimum atomic E-state index is -4.67. The quantitative estimate of drug-likeness (QED) is 0.436. The molecule has 2 N–H and O–H groups in total. The molecule has 0 aromatic carbocycles. The Morgan fingerprint density at radius 1 is 1.45 bits per heavy atom. The summed E-state index contributed by atoms with van der Waals surface area (Å²) in [7, 11) is -4.67. The molecular formula is C9H10N3NaO6S. The molecule has 0 saturated carbocycles. The molecule has 1 atom stereocenters. The van der Waals surface area contributed by atoms with Crippen molar-refractivity contribution in [1.29, 1.82) is 0 Å². The fraction of sp³-hybridized carbons (Fsp3) is 0.333. The van der Waals surface area contributed by atoms with Crippen molar-refractivity contribution in [3.63, 3.8) is 0 Å². The van der Waals surface area contributed by atoms with Crippen LogP contribution in [0.5, 0.6) is 0 Å². The van der Waals surface area contributed by atoms with Gasteiger partial charge in [0.1, 0.15) is 6.26 Å². The molecule has 1 fully saturated rings. The van der Waals surface area contributed by atoms with Crippen LogP contribution in [0, 0.1) is 0 Å². The number of carbonyl (C=O) groups is 1. The molecular weight excluding hydrogens is 301 g/mol. The minimum Gasteiger partial charge on any atom is -0.445 e. The van der Waals surface area contributed by atoms with E-state index in [4.69, 9.17) is 21.9 Å². The monoisotopic (exact) mass is 311 g/mol. The molecule has 3 rings (SSSR count). The van der Waals surface area contributed by atoms with E-state index in [9.17, 15) is 4.79 Å². The van der Waals surface area contributed by atoms with Gasteiger partial charge in [0.15, 0.2) is 6.03 Å². The molecule has 0 spiro atoms. The van der Waals surface area contributed by atoms with Gasteiger partial charge in [-0.15, -0.1) is 0 Å². The normalized spacial score (nSPS) is 20.3. The summed E-state index contributed by atoms with van der Waals surface area (Å²) in [6, 6.07) is -0.220. The molecule has 1 saturated heterocycles. The number of hydrogen-bond acceptors (Lipinski definition) is 5. The van der Waals surface area contributed by atoms with Crippen LogP contribution >= 0.6 is 0 Å². The summed E-state index contributed by atoms with van der Waals surface area (Å²) >= 11 is 0. The van der Waals surface area contributed by atoms with Gasteiger partial charge in [0.25, 0.3) is 0 Å². The van der Waals surface area contributed by atoms with Gasteiger partial charge < -0.3 is 14.6 Å². The third kappa shape index (κ3) is 4.58. The van der Waals surface area contributed by atoms with Crippen molar-refractivity contribution in [1.82, 2.24) is 9.88 Å². The minimum absolute atomic E-state index is 0. The van der Waals surface area contributed by atoms with E-state index in [1.54, 1.807) is 11.1 Å². The van der Waals surface area contributed by atoms with Crippen LogP contribution in [0.3, 0.4) is 0 Å². The van der Waals surface area contributed by atoms with Crippen molar-refractivity contribution in [3.8, 4) is 0 Å². The number of amides is 2. The largest absolute Gasteiger partial charge is 1.00 e. The third-order valence-electron chi connectivity index (χ3n) is 2.50. The number of rotatable bonds is 1. The zero-order chi connectivity index (χ0) is 14.0. The molecule has 20 heavy (non-hydrogen) atoms. The number of aromatic nitrogens is 1. The van der Waals surface area contributed by atoms with Gasteiger partial charge in [-0.2, -0.15) is 8.42 Å². The molecule has 9 nitrogen and oxygen atoms in total. The van der Waals surface area contributed by atoms with E-state index in [1.807, 2.05) is 6.08 Å². The number of oxazole rings is 1. The van der Waals surface area contributed by atoms with Crippen molar-refractivity contribution in [2.75, 3.05) is 13.1 Å². The van der Waals surface area contributed by atoms with Gasteiger partial charge in [0, 0.05) is 5.57 Å². The SMILES string of the molecule is O=C1[N-]C2CN1CC=C2c1ncco1.O=S(=O)(O)O.[Na+]. The summed E-state index contributed by atoms with van der Waals surface area (Å²) < 4.78 is 36.8. The molecule has 0 radical (unpaired) electrons. The van der Waals surface area contributed by atoms with E-state index in [0.29, 0.717) is 19.0 Å². The number of nitrogens with zero attached hydrogens (tertiary/aromatic N) is 3. The van der Waals surface area contributed by atoms with Gasteiger partial charge in [0.05, 0.1) is 6.20 Å². The average molecular weight is 311 g/mol. The first-order valence-electron chi connectivity index (χ1n) is 5.14. The van der Waals surface area contributed by atoms with Crippen molar-refractivity contribution in [2.45, 2.75) is 6.04 Å². The Morgan fingerprint density at radius 2 is 2.10 bits per heavy atom. The predicted molar refractivity (Wildman–Crippen MR) is 62.8 cm³/mol. The Bertz CT molecular complexity index is 591. The van der Waals surface area contributed by atoms with Crippen molar-refractivity contribution >= 4 is 22.0 Å². The summed E-state index contributed by atoms with van der Waals surface area (Å²) in [5, 5.41) is 4.01. The number of fused-ring (bicyclic) bond motifs is 2. The Labute approximate surface area is 136 Å². The van der Waals surface area contributed by atoms with E-state index < -0.39 is 10.4 Å². The first-order valence-corrected chi connectivity index (χ1v) is 6.54. The summed E-state index contributed by atoms with van der Waals surface area (Å²) in [6.07, 6.45) is 5.08. The topological polar surface area (TPSA) is 135 Å². The second kappa shape index (κ2) is 6.70. The van der Waals surface area contributed by atoms with Crippen LogP contribution in [0.15, 0.2) is 23.0 Å². The zero-order valence-corrected chi connectivity index (χ0v) is 13.3. The zero-order valence-electron chi connectivity index (χ0n) is 10.5. The molecule has 0 aliphatic carbocycles. The van der Waals surface area contributed by atoms with E-state index in [-0.39, 0.29) is 41.6 Å². The van der Waals surface area contributed by atoms with E-state index in [2.05, 4.69) is 10.3 Å². The summed E-state index contributed by atoms with van der Waals surface area (Å²) in [4.78, 5) is 17.0. The number of carbonyl (C=O) groups excluding carboxylic acids is 1. The number of urea groups is 1. The molecule has 3 heterocycles. The van der Waals surface area contributed by atoms with Crippen molar-refractivity contribution in [2.24, 2.45) is 0 Å². The van der Waals surface area contributed by atoms with Crippen LogP contribution < -0.4 is 29.6 Å². The second-order valence-corrected chi connectivity index (χ2v) is 4.67. The molecule has 11 heteroatoms. The smallest absolute Gasteiger partial charge is 0.445 e. The third-order valence-corrected chi connectivity index (χ3v) is 2.50. The molecule has 2 aliphatic heterocycles. The maximum Gasteiger partial charge on any atom is 1.00 e. The van der Waals surface area contributed by atoms with Crippen LogP contribution in [0.2, 0.25) is 0 Å². The second-order valence-electron chi connectivity index (χ2n) is 3.78. The molecule has 2 aliphatic rings. The first-order chi connectivity index (χ1) is 8.84. The van der Waals surface area contributed by atoms with Gasteiger partial charge in [-0.25, -0.2) is 4.98 Å². The molecule has 1 aromatic heterocycles.